The van der Waals surface area contributed by atoms with Crippen LogP contribution in [-0.4, -0.2) is 38.5 Å². The second kappa shape index (κ2) is 8.17. The Bertz CT molecular complexity index is 1230. The number of carbonyl (C=O) groups is 1. The lowest BCUT2D eigenvalue weighted by atomic mass is 9.87. The van der Waals surface area contributed by atoms with Gasteiger partial charge in [0.2, 0.25) is 0 Å². The molecule has 1 aliphatic carbocycles. The van der Waals surface area contributed by atoms with Crippen LogP contribution >= 0.6 is 11.3 Å². The molecule has 3 aromatic rings. The second-order valence-corrected chi connectivity index (χ2v) is 9.05. The predicted molar refractivity (Wildman–Crippen MR) is 114 cm³/mol. The molecule has 1 fully saturated rings. The van der Waals surface area contributed by atoms with E-state index in [4.69, 9.17) is 5.73 Å². The Balaban J connectivity index is 1.70. The third-order valence-corrected chi connectivity index (χ3v) is 6.74. The SMILES string of the molecule is C=C(C)c1sc(C(=O)N[C@@H]2[C@@H](N)CCCC2(F)F)nc1-c1cnn2cc(C(F)(F)F)ccc12. The first-order valence-electron chi connectivity index (χ1n) is 10.0. The quantitative estimate of drug-likeness (QED) is 0.522. The number of nitrogens with one attached hydrogen (secondary N) is 1. The third kappa shape index (κ3) is 4.36. The number of fused-ring (bicyclic) bond motifs is 1. The maximum atomic E-state index is 14.3. The maximum absolute atomic E-state index is 14.3. The van der Waals surface area contributed by atoms with E-state index in [0.717, 1.165) is 28.1 Å². The Labute approximate surface area is 189 Å². The van der Waals surface area contributed by atoms with E-state index in [0.29, 0.717) is 28.0 Å². The molecule has 0 aromatic carbocycles. The fraction of sp³-hybridized carbons (Fsp3) is 0.381. The molecule has 0 saturated heterocycles. The summed E-state index contributed by atoms with van der Waals surface area (Å²) < 4.78 is 68.7. The highest BCUT2D eigenvalue weighted by Crippen LogP contribution is 2.37. The first-order valence-corrected chi connectivity index (χ1v) is 10.9. The van der Waals surface area contributed by atoms with Crippen molar-refractivity contribution in [3.63, 3.8) is 0 Å². The molecule has 1 saturated carbocycles. The molecule has 0 aliphatic heterocycles. The molecule has 33 heavy (non-hydrogen) atoms. The third-order valence-electron chi connectivity index (χ3n) is 5.52. The first kappa shape index (κ1) is 23.3. The van der Waals surface area contributed by atoms with E-state index in [1.807, 2.05) is 0 Å². The van der Waals surface area contributed by atoms with E-state index >= 15 is 0 Å². The average Bonchev–Trinajstić information content (AvgIpc) is 3.33. The van der Waals surface area contributed by atoms with Crippen LogP contribution in [0.5, 0.6) is 0 Å². The number of nitrogens with zero attached hydrogens (tertiary/aromatic N) is 3. The summed E-state index contributed by atoms with van der Waals surface area (Å²) in [5.41, 5.74) is 6.52. The van der Waals surface area contributed by atoms with E-state index < -0.39 is 35.7 Å². The number of hydrogen-bond donors (Lipinski definition) is 2. The van der Waals surface area contributed by atoms with Gasteiger partial charge in [0, 0.05) is 24.2 Å². The molecule has 2 atom stereocenters. The standard InChI is InChI=1S/C21H20F5N5OS/c1-10(2)16-15(12-8-28-31-9-11(21(24,25)26)5-6-14(12)31)29-19(33-16)18(32)30-17-13(27)4-3-7-20(17,22)23/h5-6,8-9,13,17H,1,3-4,7,27H2,2H3,(H,30,32)/t13-,17+/m0/s1. The number of hydrogen-bond acceptors (Lipinski definition) is 5. The van der Waals surface area contributed by atoms with E-state index in [1.54, 1.807) is 6.92 Å². The van der Waals surface area contributed by atoms with E-state index in [2.05, 4.69) is 22.0 Å². The Morgan fingerprint density at radius 2 is 2.09 bits per heavy atom. The molecule has 176 valence electrons. The van der Waals surface area contributed by atoms with E-state index in [1.165, 1.54) is 12.3 Å². The zero-order valence-corrected chi connectivity index (χ0v) is 18.2. The molecular formula is C21H20F5N5OS. The number of rotatable bonds is 4. The summed E-state index contributed by atoms with van der Waals surface area (Å²) in [7, 11) is 0. The van der Waals surface area contributed by atoms with Gasteiger partial charge in [-0.2, -0.15) is 18.3 Å². The minimum Gasteiger partial charge on any atom is -0.340 e. The van der Waals surface area contributed by atoms with Gasteiger partial charge in [0.05, 0.1) is 27.8 Å². The fourth-order valence-electron chi connectivity index (χ4n) is 3.85. The zero-order chi connectivity index (χ0) is 24.1. The van der Waals surface area contributed by atoms with Crippen molar-refractivity contribution in [3.05, 3.63) is 46.6 Å². The lowest BCUT2D eigenvalue weighted by molar-refractivity contribution is -0.137. The number of thiazole rings is 1. The van der Waals surface area contributed by atoms with Crippen LogP contribution in [0.1, 0.15) is 46.4 Å². The molecule has 1 aliphatic rings. The van der Waals surface area contributed by atoms with Gasteiger partial charge < -0.3 is 11.1 Å². The van der Waals surface area contributed by atoms with Gasteiger partial charge >= 0.3 is 6.18 Å². The number of halogens is 5. The lowest BCUT2D eigenvalue weighted by Gasteiger charge is -2.36. The molecule has 0 bridgehead atoms. The van der Waals surface area contributed by atoms with Crippen molar-refractivity contribution in [3.8, 4) is 11.3 Å². The molecule has 0 radical (unpaired) electrons. The molecule has 3 N–H and O–H groups in total. The van der Waals surface area contributed by atoms with E-state index in [9.17, 15) is 26.7 Å². The van der Waals surface area contributed by atoms with Crippen molar-refractivity contribution < 1.29 is 26.7 Å². The van der Waals surface area contributed by atoms with E-state index in [-0.39, 0.29) is 23.5 Å². The molecule has 12 heteroatoms. The monoisotopic (exact) mass is 485 g/mol. The van der Waals surface area contributed by atoms with Crippen molar-refractivity contribution in [1.29, 1.82) is 0 Å². The highest BCUT2D eigenvalue weighted by molar-refractivity contribution is 7.15. The smallest absolute Gasteiger partial charge is 0.340 e. The highest BCUT2D eigenvalue weighted by Gasteiger charge is 2.46. The van der Waals surface area contributed by atoms with Gasteiger partial charge in [-0.05, 0) is 37.5 Å². The van der Waals surface area contributed by atoms with Crippen molar-refractivity contribution in [2.45, 2.75) is 50.4 Å². The fourth-order valence-corrected chi connectivity index (χ4v) is 4.76. The summed E-state index contributed by atoms with van der Waals surface area (Å²) in [5, 5.41) is 6.22. The minimum atomic E-state index is -4.53. The summed E-state index contributed by atoms with van der Waals surface area (Å²) in [6.07, 6.45) is -2.07. The molecule has 4 rings (SSSR count). The van der Waals surface area contributed by atoms with Crippen molar-refractivity contribution >= 4 is 28.3 Å². The largest absolute Gasteiger partial charge is 0.417 e. The topological polar surface area (TPSA) is 85.3 Å². The normalized spacial score (nSPS) is 20.7. The van der Waals surface area contributed by atoms with Crippen molar-refractivity contribution in [2.75, 3.05) is 0 Å². The summed E-state index contributed by atoms with van der Waals surface area (Å²) in [5.74, 6) is -3.94. The van der Waals surface area contributed by atoms with Gasteiger partial charge in [-0.25, -0.2) is 18.3 Å². The Hall–Kier alpha value is -2.86. The summed E-state index contributed by atoms with van der Waals surface area (Å²) in [6, 6.07) is -0.223. The van der Waals surface area contributed by atoms with Crippen molar-refractivity contribution in [1.82, 2.24) is 19.9 Å². The number of nitrogens with two attached hydrogens (primary N) is 1. The molecular weight excluding hydrogens is 465 g/mol. The van der Waals surface area contributed by atoms with Crippen LogP contribution in [0.2, 0.25) is 0 Å². The zero-order valence-electron chi connectivity index (χ0n) is 17.4. The molecule has 0 spiro atoms. The maximum Gasteiger partial charge on any atom is 0.417 e. The van der Waals surface area contributed by atoms with Crippen LogP contribution in [0.25, 0.3) is 22.3 Å². The van der Waals surface area contributed by atoms with Crippen LogP contribution < -0.4 is 11.1 Å². The van der Waals surface area contributed by atoms with Gasteiger partial charge in [0.1, 0.15) is 6.04 Å². The molecule has 6 nitrogen and oxygen atoms in total. The van der Waals surface area contributed by atoms with Crippen LogP contribution in [-0.2, 0) is 6.18 Å². The Kier molecular flexibility index (Phi) is 5.77. The summed E-state index contributed by atoms with van der Waals surface area (Å²) in [4.78, 5) is 17.6. The van der Waals surface area contributed by atoms with Gasteiger partial charge in [0.15, 0.2) is 5.01 Å². The average molecular weight is 485 g/mol. The second-order valence-electron chi connectivity index (χ2n) is 8.05. The van der Waals surface area contributed by atoms with Gasteiger partial charge in [-0.3, -0.25) is 4.79 Å². The highest BCUT2D eigenvalue weighted by atomic mass is 32.1. The summed E-state index contributed by atoms with van der Waals surface area (Å²) >= 11 is 0.954. The van der Waals surface area contributed by atoms with Crippen LogP contribution in [0, 0.1) is 0 Å². The Morgan fingerprint density at radius 3 is 2.73 bits per heavy atom. The minimum absolute atomic E-state index is 0.0807. The molecule has 3 heterocycles. The number of allylic oxidation sites excluding steroid dienone is 1. The number of amides is 1. The predicted octanol–water partition coefficient (Wildman–Crippen LogP) is 4.75. The Morgan fingerprint density at radius 1 is 1.36 bits per heavy atom. The molecule has 1 amide bonds. The number of pyridine rings is 1. The first-order chi connectivity index (χ1) is 15.4. The van der Waals surface area contributed by atoms with Gasteiger partial charge in [-0.1, -0.05) is 6.58 Å². The van der Waals surface area contributed by atoms with Gasteiger partial charge in [-0.15, -0.1) is 11.3 Å². The number of alkyl halides is 5. The number of carbonyl (C=O) groups excluding carboxylic acids is 1. The molecule has 0 unspecified atom stereocenters. The lowest BCUT2D eigenvalue weighted by Crippen LogP contribution is -2.59. The van der Waals surface area contributed by atoms with Gasteiger partial charge in [0.25, 0.3) is 11.8 Å². The summed E-state index contributed by atoms with van der Waals surface area (Å²) in [6.45, 7) is 5.55. The molecule has 3 aromatic heterocycles. The van der Waals surface area contributed by atoms with Crippen LogP contribution in [0.3, 0.4) is 0 Å². The van der Waals surface area contributed by atoms with Crippen LogP contribution in [0.4, 0.5) is 22.0 Å². The van der Waals surface area contributed by atoms with Crippen molar-refractivity contribution in [2.24, 2.45) is 5.73 Å². The van der Waals surface area contributed by atoms with Crippen LogP contribution in [0.15, 0.2) is 31.1 Å². The number of aromatic nitrogens is 3.